The van der Waals surface area contributed by atoms with Crippen LogP contribution in [0.25, 0.3) is 0 Å². The van der Waals surface area contributed by atoms with Gasteiger partial charge in [-0.15, -0.1) is 0 Å². The fourth-order valence-corrected chi connectivity index (χ4v) is 2.15. The molecule has 1 aromatic heterocycles. The first kappa shape index (κ1) is 7.75. The molecule has 0 aliphatic heterocycles. The van der Waals surface area contributed by atoms with Crippen LogP contribution in [0.15, 0.2) is 11.1 Å². The highest BCUT2D eigenvalue weighted by Gasteiger charge is 2.12. The average Bonchev–Trinajstić information content (AvgIpc) is 2.47. The first-order valence-electron chi connectivity index (χ1n) is 4.17. The minimum Gasteiger partial charge on any atom is -0.353 e. The number of thioether (sulfide) groups is 1. The van der Waals surface area contributed by atoms with Gasteiger partial charge in [-0.25, -0.2) is 0 Å². The number of aryl methyl sites for hydroxylation is 2. The summed E-state index contributed by atoms with van der Waals surface area (Å²) in [6.45, 7) is 0. The van der Waals surface area contributed by atoms with Crippen molar-refractivity contribution in [2.75, 3.05) is 0 Å². The zero-order valence-corrected chi connectivity index (χ0v) is 7.58. The molecule has 0 bridgehead atoms. The molecular weight excluding hydrogens is 168 g/mol. The number of H-pyrrole nitrogens is 1. The third-order valence-corrected chi connectivity index (χ3v) is 2.78. The van der Waals surface area contributed by atoms with E-state index in [0.29, 0.717) is 0 Å². The SMILES string of the molecule is N#CSc1cc2c([nH]1)CCCC2. The molecule has 3 heteroatoms. The summed E-state index contributed by atoms with van der Waals surface area (Å²) < 4.78 is 0. The Bertz CT molecular complexity index is 298. The van der Waals surface area contributed by atoms with Gasteiger partial charge in [0.05, 0.1) is 5.03 Å². The Morgan fingerprint density at radius 1 is 1.42 bits per heavy atom. The molecule has 0 saturated carbocycles. The van der Waals surface area contributed by atoms with Gasteiger partial charge >= 0.3 is 0 Å². The average molecular weight is 178 g/mol. The van der Waals surface area contributed by atoms with Crippen molar-refractivity contribution in [2.45, 2.75) is 30.7 Å². The lowest BCUT2D eigenvalue weighted by Crippen LogP contribution is -1.99. The third kappa shape index (κ3) is 1.35. The number of hydrogen-bond donors (Lipinski definition) is 1. The van der Waals surface area contributed by atoms with Gasteiger partial charge in [-0.1, -0.05) is 0 Å². The van der Waals surface area contributed by atoms with E-state index in [-0.39, 0.29) is 0 Å². The van der Waals surface area contributed by atoms with Crippen molar-refractivity contribution < 1.29 is 0 Å². The van der Waals surface area contributed by atoms with Crippen molar-refractivity contribution >= 4 is 11.8 Å². The predicted molar refractivity (Wildman–Crippen MR) is 48.9 cm³/mol. The van der Waals surface area contributed by atoms with E-state index in [2.05, 4.69) is 16.5 Å². The summed E-state index contributed by atoms with van der Waals surface area (Å²) >= 11 is 1.22. The molecule has 12 heavy (non-hydrogen) atoms. The van der Waals surface area contributed by atoms with Crippen LogP contribution in [0.2, 0.25) is 0 Å². The fourth-order valence-electron chi connectivity index (χ4n) is 1.68. The quantitative estimate of drug-likeness (QED) is 0.530. The van der Waals surface area contributed by atoms with Gasteiger partial charge in [0.2, 0.25) is 0 Å². The summed E-state index contributed by atoms with van der Waals surface area (Å²) in [5.41, 5.74) is 2.76. The molecule has 1 aliphatic carbocycles. The lowest BCUT2D eigenvalue weighted by atomic mass is 9.98. The van der Waals surface area contributed by atoms with Crippen molar-refractivity contribution in [1.82, 2.24) is 4.98 Å². The van der Waals surface area contributed by atoms with E-state index in [1.807, 2.05) is 0 Å². The number of nitrogens with one attached hydrogen (secondary N) is 1. The summed E-state index contributed by atoms with van der Waals surface area (Å²) in [6, 6.07) is 2.11. The van der Waals surface area contributed by atoms with E-state index >= 15 is 0 Å². The van der Waals surface area contributed by atoms with Crippen LogP contribution < -0.4 is 0 Å². The third-order valence-electron chi connectivity index (χ3n) is 2.25. The predicted octanol–water partition coefficient (Wildman–Crippen LogP) is 2.47. The summed E-state index contributed by atoms with van der Waals surface area (Å²) in [7, 11) is 0. The Hall–Kier alpha value is -0.880. The zero-order chi connectivity index (χ0) is 8.39. The maximum atomic E-state index is 8.47. The van der Waals surface area contributed by atoms with Crippen LogP contribution >= 0.6 is 11.8 Å². The summed E-state index contributed by atoms with van der Waals surface area (Å²) in [6.07, 6.45) is 4.91. The number of thiocyanates is 1. The Balaban J connectivity index is 2.27. The summed E-state index contributed by atoms with van der Waals surface area (Å²) in [4.78, 5) is 3.28. The maximum Gasteiger partial charge on any atom is 0.140 e. The minimum absolute atomic E-state index is 1.00. The maximum absolute atomic E-state index is 8.47. The van der Waals surface area contributed by atoms with Gasteiger partial charge in [0, 0.05) is 17.5 Å². The Kier molecular flexibility index (Phi) is 2.09. The van der Waals surface area contributed by atoms with E-state index < -0.39 is 0 Å². The second kappa shape index (κ2) is 3.24. The number of nitriles is 1. The monoisotopic (exact) mass is 178 g/mol. The van der Waals surface area contributed by atoms with E-state index in [1.165, 1.54) is 42.3 Å². The molecule has 2 nitrogen and oxygen atoms in total. The molecule has 62 valence electrons. The normalized spacial score (nSPS) is 15.2. The van der Waals surface area contributed by atoms with E-state index in [4.69, 9.17) is 5.26 Å². The molecule has 1 aromatic rings. The van der Waals surface area contributed by atoms with Crippen molar-refractivity contribution in [3.8, 4) is 5.40 Å². The van der Waals surface area contributed by atoms with Crippen LogP contribution in [0.3, 0.4) is 0 Å². The molecule has 1 aliphatic rings. The first-order chi connectivity index (χ1) is 5.90. The molecule has 0 unspecified atom stereocenters. The van der Waals surface area contributed by atoms with Crippen molar-refractivity contribution in [2.24, 2.45) is 0 Å². The van der Waals surface area contributed by atoms with E-state index in [0.717, 1.165) is 11.4 Å². The van der Waals surface area contributed by atoms with Gasteiger partial charge in [0.25, 0.3) is 0 Å². The number of fused-ring (bicyclic) bond motifs is 1. The van der Waals surface area contributed by atoms with Gasteiger partial charge < -0.3 is 4.98 Å². The highest BCUT2D eigenvalue weighted by molar-refractivity contribution is 8.03. The standard InChI is InChI=1S/C9H10N2S/c10-6-12-9-5-7-3-1-2-4-8(7)11-9/h5,11H,1-4H2. The van der Waals surface area contributed by atoms with Crippen LogP contribution in [0.4, 0.5) is 0 Å². The molecule has 0 spiro atoms. The molecule has 2 rings (SSSR count). The topological polar surface area (TPSA) is 39.6 Å². The molecule has 0 fully saturated rings. The number of aromatic amines is 1. The smallest absolute Gasteiger partial charge is 0.140 e. The molecule has 0 atom stereocenters. The van der Waals surface area contributed by atoms with Crippen LogP contribution in [0, 0.1) is 10.7 Å². The number of rotatable bonds is 1. The van der Waals surface area contributed by atoms with Crippen molar-refractivity contribution in [3.63, 3.8) is 0 Å². The Morgan fingerprint density at radius 3 is 3.00 bits per heavy atom. The number of nitrogens with zero attached hydrogens (tertiary/aromatic N) is 1. The lowest BCUT2D eigenvalue weighted by molar-refractivity contribution is 0.676. The van der Waals surface area contributed by atoms with Crippen LogP contribution in [-0.2, 0) is 12.8 Å². The van der Waals surface area contributed by atoms with Crippen LogP contribution in [0.1, 0.15) is 24.1 Å². The van der Waals surface area contributed by atoms with Gasteiger partial charge in [-0.3, -0.25) is 0 Å². The van der Waals surface area contributed by atoms with Crippen LogP contribution in [0.5, 0.6) is 0 Å². The van der Waals surface area contributed by atoms with Gasteiger partial charge in [0.1, 0.15) is 5.40 Å². The molecule has 1 heterocycles. The second-order valence-electron chi connectivity index (χ2n) is 3.04. The van der Waals surface area contributed by atoms with Crippen molar-refractivity contribution in [1.29, 1.82) is 5.26 Å². The molecule has 0 aromatic carbocycles. The van der Waals surface area contributed by atoms with Crippen LogP contribution in [-0.4, -0.2) is 4.98 Å². The highest BCUT2D eigenvalue weighted by Crippen LogP contribution is 2.25. The Morgan fingerprint density at radius 2 is 2.25 bits per heavy atom. The summed E-state index contributed by atoms with van der Waals surface area (Å²) in [5, 5.41) is 11.6. The first-order valence-corrected chi connectivity index (χ1v) is 4.98. The van der Waals surface area contributed by atoms with Gasteiger partial charge in [0.15, 0.2) is 0 Å². The summed E-state index contributed by atoms with van der Waals surface area (Å²) in [5.74, 6) is 0. The molecule has 0 saturated heterocycles. The largest absolute Gasteiger partial charge is 0.353 e. The van der Waals surface area contributed by atoms with E-state index in [9.17, 15) is 0 Å². The number of aromatic nitrogens is 1. The second-order valence-corrected chi connectivity index (χ2v) is 3.86. The lowest BCUT2D eigenvalue weighted by Gasteiger charge is -2.08. The fraction of sp³-hybridized carbons (Fsp3) is 0.444. The zero-order valence-electron chi connectivity index (χ0n) is 6.76. The number of hydrogen-bond acceptors (Lipinski definition) is 2. The molecule has 1 N–H and O–H groups in total. The highest BCUT2D eigenvalue weighted by atomic mass is 32.2. The Labute approximate surface area is 76.0 Å². The minimum atomic E-state index is 1.00. The molecule has 0 amide bonds. The van der Waals surface area contributed by atoms with Crippen molar-refractivity contribution in [3.05, 3.63) is 17.3 Å². The van der Waals surface area contributed by atoms with Gasteiger partial charge in [-0.05, 0) is 37.3 Å². The molecule has 0 radical (unpaired) electrons. The van der Waals surface area contributed by atoms with Gasteiger partial charge in [-0.2, -0.15) is 5.26 Å². The molecular formula is C9H10N2S. The van der Waals surface area contributed by atoms with E-state index in [1.54, 1.807) is 0 Å².